The van der Waals surface area contributed by atoms with Crippen LogP contribution < -0.4 is 11.0 Å². The minimum absolute atomic E-state index is 0.834. The molecule has 0 bridgehead atoms. The average Bonchev–Trinajstić information content (AvgIpc) is 3.47. The molecule has 4 aromatic heterocycles. The number of nitrogens with two attached hydrogens (primary N) is 2. The highest BCUT2D eigenvalue weighted by Gasteiger charge is 2.44. The molecule has 5 heterocycles. The van der Waals surface area contributed by atoms with Gasteiger partial charge in [-0.25, -0.2) is 0 Å². The van der Waals surface area contributed by atoms with Crippen molar-refractivity contribution in [3.63, 3.8) is 0 Å². The van der Waals surface area contributed by atoms with Gasteiger partial charge in [-0.3, -0.25) is 11.0 Å². The third kappa shape index (κ3) is 3.81. The normalized spacial score (nSPS) is 17.9. The Morgan fingerprint density at radius 2 is 0.750 bits per heavy atom. The van der Waals surface area contributed by atoms with Gasteiger partial charge >= 0.3 is 15.0 Å². The molecule has 0 radical (unpaired) electrons. The van der Waals surface area contributed by atoms with Crippen molar-refractivity contribution >= 4 is 22.5 Å². The Hall–Kier alpha value is -2.55. The molecule has 0 aliphatic carbocycles. The van der Waals surface area contributed by atoms with Gasteiger partial charge in [0.05, 0.1) is 22.8 Å². The van der Waals surface area contributed by atoms with E-state index in [1.54, 1.807) is 0 Å². The Bertz CT molecular complexity index is 1490. The summed E-state index contributed by atoms with van der Waals surface area (Å²) >= 11 is 0. The first-order valence-electron chi connectivity index (χ1n) is 11.4. The van der Waals surface area contributed by atoms with E-state index in [1.807, 2.05) is 97.5 Å². The first-order chi connectivity index (χ1) is 16.8. The number of aromatic nitrogens is 8. The van der Waals surface area contributed by atoms with Crippen LogP contribution in [0.2, 0.25) is 0 Å². The fraction of sp³-hybridized carbons (Fsp3) is 0.400. The van der Waals surface area contributed by atoms with Gasteiger partial charge in [-0.2, -0.15) is 51.8 Å². The molecule has 0 amide bonds. The first kappa shape index (κ1) is 25.1. The lowest BCUT2D eigenvalue weighted by molar-refractivity contribution is 0.820. The number of nitrogens with zero attached hydrogens (tertiary/aromatic N) is 11. The summed E-state index contributed by atoms with van der Waals surface area (Å²) in [6.45, 7) is 15.7. The standard InChI is InChI=1S/C20H32N13P3/c1-13-9-17(5)30(23-13)35(31-18(6)10-14(2)24-31)27-34(21,22)28-36(29-35,32-19(7)11-15(3)25-32)33-20(8)12-16(4)26-33/h9-12H,21-22H2,1-8H3. The summed E-state index contributed by atoms with van der Waals surface area (Å²) in [6, 6.07) is 7.96. The van der Waals surface area contributed by atoms with Crippen LogP contribution in [0, 0.1) is 55.4 Å². The molecule has 13 nitrogen and oxygen atoms in total. The fourth-order valence-corrected chi connectivity index (χ4v) is 16.1. The van der Waals surface area contributed by atoms with Crippen LogP contribution in [0.5, 0.6) is 0 Å². The smallest absolute Gasteiger partial charge is 0.267 e. The van der Waals surface area contributed by atoms with Crippen LogP contribution in [0.25, 0.3) is 0 Å². The van der Waals surface area contributed by atoms with Crippen LogP contribution in [-0.4, -0.2) is 38.2 Å². The molecule has 4 aromatic rings. The Balaban J connectivity index is 2.08. The number of hydrogen-bond donors (Lipinski definition) is 2. The van der Waals surface area contributed by atoms with E-state index in [-0.39, 0.29) is 0 Å². The molecular formula is C20H32N13P3. The van der Waals surface area contributed by atoms with E-state index >= 15 is 0 Å². The third-order valence-corrected chi connectivity index (χ3v) is 15.5. The van der Waals surface area contributed by atoms with Crippen LogP contribution in [0.15, 0.2) is 37.8 Å². The average molecular weight is 547 g/mol. The predicted octanol–water partition coefficient (Wildman–Crippen LogP) is 5.20. The summed E-state index contributed by atoms with van der Waals surface area (Å²) in [4.78, 5) is 0. The van der Waals surface area contributed by atoms with Gasteiger partial charge in [0.2, 0.25) is 7.51 Å². The lowest BCUT2D eigenvalue weighted by atomic mass is 10.4. The Morgan fingerprint density at radius 3 is 1.00 bits per heavy atom. The lowest BCUT2D eigenvalue weighted by Gasteiger charge is -2.34. The Morgan fingerprint density at radius 1 is 0.472 bits per heavy atom. The van der Waals surface area contributed by atoms with Gasteiger partial charge in [-0.15, -0.1) is 0 Å². The second-order valence-corrected chi connectivity index (χ2v) is 16.5. The molecule has 0 saturated heterocycles. The maximum absolute atomic E-state index is 6.79. The zero-order valence-electron chi connectivity index (χ0n) is 21.7. The van der Waals surface area contributed by atoms with Gasteiger partial charge < -0.3 is 0 Å². The van der Waals surface area contributed by atoms with Crippen molar-refractivity contribution in [2.45, 2.75) is 55.4 Å². The van der Waals surface area contributed by atoms with Crippen LogP contribution in [0.1, 0.15) is 45.6 Å². The van der Waals surface area contributed by atoms with E-state index in [4.69, 9.17) is 44.9 Å². The van der Waals surface area contributed by atoms with Crippen LogP contribution in [0.3, 0.4) is 0 Å². The van der Waals surface area contributed by atoms with Crippen molar-refractivity contribution in [1.29, 1.82) is 0 Å². The molecule has 0 fully saturated rings. The minimum atomic E-state index is -3.27. The van der Waals surface area contributed by atoms with E-state index in [0.717, 1.165) is 45.6 Å². The number of aryl methyl sites for hydroxylation is 8. The van der Waals surface area contributed by atoms with E-state index < -0.39 is 22.5 Å². The highest BCUT2D eigenvalue weighted by molar-refractivity contribution is 7.84. The minimum Gasteiger partial charge on any atom is -0.267 e. The molecule has 0 saturated carbocycles. The SMILES string of the molecule is Cc1cc(C)n(P2(n3nc(C)cc3C)=NP(N)(N)=NP(n3nc(C)cc3C)(n3nc(C)cc3C)=N2)n1. The fourth-order valence-electron chi connectivity index (χ4n) is 4.62. The molecule has 0 unspecified atom stereocenters. The first-order valence-corrected chi connectivity index (χ1v) is 16.4. The zero-order valence-corrected chi connectivity index (χ0v) is 24.4. The topological polar surface area (TPSA) is 160 Å². The van der Waals surface area contributed by atoms with Gasteiger partial charge in [0.1, 0.15) is 0 Å². The molecule has 1 aliphatic heterocycles. The maximum atomic E-state index is 6.79. The monoisotopic (exact) mass is 547 g/mol. The van der Waals surface area contributed by atoms with Crippen molar-refractivity contribution in [3.05, 3.63) is 69.8 Å². The molecule has 16 heteroatoms. The lowest BCUT2D eigenvalue weighted by Crippen LogP contribution is -2.19. The van der Waals surface area contributed by atoms with Crippen molar-refractivity contribution in [3.8, 4) is 0 Å². The predicted molar refractivity (Wildman–Crippen MR) is 145 cm³/mol. The molecule has 5 rings (SSSR count). The number of hydrogen-bond acceptors (Lipinski definition) is 9. The highest BCUT2D eigenvalue weighted by atomic mass is 31.3. The summed E-state index contributed by atoms with van der Waals surface area (Å²) in [7, 11) is -9.73. The summed E-state index contributed by atoms with van der Waals surface area (Å²) in [5.74, 6) is 0. The number of rotatable bonds is 4. The van der Waals surface area contributed by atoms with E-state index in [0.29, 0.717) is 0 Å². The third-order valence-electron chi connectivity index (χ3n) is 5.73. The maximum Gasteiger partial charge on any atom is 0.313 e. The molecule has 36 heavy (non-hydrogen) atoms. The summed E-state index contributed by atoms with van der Waals surface area (Å²) < 4.78 is 23.0. The van der Waals surface area contributed by atoms with E-state index in [9.17, 15) is 0 Å². The van der Waals surface area contributed by atoms with E-state index in [1.165, 1.54) is 0 Å². The molecule has 0 atom stereocenters. The van der Waals surface area contributed by atoms with Gasteiger partial charge in [-0.1, -0.05) is 0 Å². The van der Waals surface area contributed by atoms with Gasteiger partial charge in [0.15, 0.2) is 0 Å². The van der Waals surface area contributed by atoms with Gasteiger partial charge in [0.25, 0.3) is 0 Å². The molecule has 1 aliphatic rings. The molecule has 4 N–H and O–H groups in total. The van der Waals surface area contributed by atoms with E-state index in [2.05, 4.69) is 0 Å². The zero-order chi connectivity index (χ0) is 26.2. The summed E-state index contributed by atoms with van der Waals surface area (Å²) in [6.07, 6.45) is 0. The van der Waals surface area contributed by atoms with Crippen LogP contribution >= 0.6 is 22.5 Å². The highest BCUT2D eigenvalue weighted by Crippen LogP contribution is 2.75. The molecular weight excluding hydrogens is 515 g/mol. The van der Waals surface area contributed by atoms with Gasteiger partial charge in [-0.05, 0) is 79.7 Å². The van der Waals surface area contributed by atoms with Crippen LogP contribution in [0.4, 0.5) is 0 Å². The molecule has 0 aromatic carbocycles. The van der Waals surface area contributed by atoms with Gasteiger partial charge in [0, 0.05) is 22.8 Å². The van der Waals surface area contributed by atoms with Crippen molar-refractivity contribution in [1.82, 2.24) is 38.2 Å². The Kier molecular flexibility index (Phi) is 5.74. The second-order valence-electron chi connectivity index (χ2n) is 9.31. The van der Waals surface area contributed by atoms with Crippen molar-refractivity contribution < 1.29 is 0 Å². The summed E-state index contributed by atoms with van der Waals surface area (Å²) in [5, 5.41) is 19.4. The van der Waals surface area contributed by atoms with Crippen LogP contribution in [-0.2, 0) is 0 Å². The largest absolute Gasteiger partial charge is 0.313 e. The second kappa shape index (κ2) is 8.23. The summed E-state index contributed by atoms with van der Waals surface area (Å²) in [5.41, 5.74) is 20.4. The molecule has 0 spiro atoms. The van der Waals surface area contributed by atoms with Crippen molar-refractivity contribution in [2.75, 3.05) is 0 Å². The quantitative estimate of drug-likeness (QED) is 0.334. The molecule has 192 valence electrons. The Labute approximate surface area is 210 Å². The van der Waals surface area contributed by atoms with Crippen molar-refractivity contribution in [2.24, 2.45) is 24.6 Å².